The molecule has 3 rings (SSSR count). The number of nitrogens with zero attached hydrogens (tertiary/aromatic N) is 1. The van der Waals surface area contributed by atoms with Crippen LogP contribution in [0.3, 0.4) is 0 Å². The Morgan fingerprint density at radius 2 is 2.00 bits per heavy atom. The van der Waals surface area contributed by atoms with Crippen LogP contribution in [0.5, 0.6) is 0 Å². The lowest BCUT2D eigenvalue weighted by molar-refractivity contribution is 0.0951. The predicted molar refractivity (Wildman–Crippen MR) is 90.7 cm³/mol. The summed E-state index contributed by atoms with van der Waals surface area (Å²) in [7, 11) is 0. The van der Waals surface area contributed by atoms with Crippen molar-refractivity contribution in [1.29, 1.82) is 0 Å². The van der Waals surface area contributed by atoms with Crippen LogP contribution in [0.15, 0.2) is 18.2 Å². The highest BCUT2D eigenvalue weighted by Crippen LogP contribution is 2.22. The van der Waals surface area contributed by atoms with Crippen LogP contribution < -0.4 is 10.6 Å². The summed E-state index contributed by atoms with van der Waals surface area (Å²) in [5, 5.41) is 5.95. The fourth-order valence-corrected chi connectivity index (χ4v) is 2.96. The zero-order chi connectivity index (χ0) is 16.4. The minimum absolute atomic E-state index is 0.0606. The van der Waals surface area contributed by atoms with Crippen molar-refractivity contribution in [2.24, 2.45) is 5.92 Å². The Morgan fingerprint density at radius 3 is 2.70 bits per heavy atom. The fourth-order valence-electron chi connectivity index (χ4n) is 2.96. The van der Waals surface area contributed by atoms with Crippen molar-refractivity contribution in [3.63, 3.8) is 0 Å². The van der Waals surface area contributed by atoms with Gasteiger partial charge in [-0.25, -0.2) is 4.79 Å². The molecule has 1 aliphatic carbocycles. The van der Waals surface area contributed by atoms with Crippen molar-refractivity contribution in [3.8, 4) is 0 Å². The molecule has 1 aromatic rings. The zero-order valence-corrected chi connectivity index (χ0v) is 13.9. The number of hydrogen-bond acceptors (Lipinski definition) is 2. The Hall–Kier alpha value is -2.04. The lowest BCUT2D eigenvalue weighted by atomic mass is 10.0. The second kappa shape index (κ2) is 6.60. The molecule has 1 aliphatic heterocycles. The number of nitrogens with one attached hydrogen (secondary N) is 2. The summed E-state index contributed by atoms with van der Waals surface area (Å²) in [6.45, 7) is 5.72. The monoisotopic (exact) mass is 315 g/mol. The van der Waals surface area contributed by atoms with Crippen LogP contribution in [0.4, 0.5) is 10.5 Å². The first-order chi connectivity index (χ1) is 11.0. The van der Waals surface area contributed by atoms with Crippen LogP contribution in [0.1, 0.15) is 48.5 Å². The molecule has 1 saturated heterocycles. The van der Waals surface area contributed by atoms with E-state index in [0.29, 0.717) is 17.5 Å². The highest BCUT2D eigenvalue weighted by molar-refractivity contribution is 5.97. The van der Waals surface area contributed by atoms with E-state index in [0.717, 1.165) is 43.6 Å². The molecule has 0 radical (unpaired) electrons. The van der Waals surface area contributed by atoms with Gasteiger partial charge in [0, 0.05) is 30.4 Å². The molecule has 2 aliphatic rings. The van der Waals surface area contributed by atoms with Crippen molar-refractivity contribution >= 4 is 17.6 Å². The molecule has 124 valence electrons. The van der Waals surface area contributed by atoms with Crippen molar-refractivity contribution in [3.05, 3.63) is 29.3 Å². The topological polar surface area (TPSA) is 61.4 Å². The number of aryl methyl sites for hydroxylation is 1. The van der Waals surface area contributed by atoms with Gasteiger partial charge < -0.3 is 15.5 Å². The van der Waals surface area contributed by atoms with Gasteiger partial charge in [-0.2, -0.15) is 0 Å². The molecule has 1 saturated carbocycles. The number of anilines is 1. The van der Waals surface area contributed by atoms with Gasteiger partial charge in [0.2, 0.25) is 0 Å². The van der Waals surface area contributed by atoms with Crippen molar-refractivity contribution < 1.29 is 9.59 Å². The number of amides is 3. The first-order valence-electron chi connectivity index (χ1n) is 8.50. The number of carbonyl (C=O) groups is 2. The number of carbonyl (C=O) groups excluding carboxylic acids is 2. The summed E-state index contributed by atoms with van der Waals surface area (Å²) >= 11 is 0. The molecule has 1 atom stereocenters. The lowest BCUT2D eigenvalue weighted by Gasteiger charge is -2.31. The van der Waals surface area contributed by atoms with E-state index in [1.54, 1.807) is 6.07 Å². The van der Waals surface area contributed by atoms with Gasteiger partial charge in [0.25, 0.3) is 5.91 Å². The van der Waals surface area contributed by atoms with Gasteiger partial charge >= 0.3 is 6.03 Å². The second-order valence-electron chi connectivity index (χ2n) is 6.90. The molecule has 5 heteroatoms. The number of rotatable bonds is 3. The third-order valence-corrected chi connectivity index (χ3v) is 4.60. The minimum Gasteiger partial charge on any atom is -0.349 e. The summed E-state index contributed by atoms with van der Waals surface area (Å²) in [4.78, 5) is 26.5. The Kier molecular flexibility index (Phi) is 4.55. The molecule has 0 unspecified atom stereocenters. The molecule has 0 spiro atoms. The van der Waals surface area contributed by atoms with Gasteiger partial charge in [-0.15, -0.1) is 0 Å². The van der Waals surface area contributed by atoms with Gasteiger partial charge in [-0.05, 0) is 56.2 Å². The van der Waals surface area contributed by atoms with Crippen LogP contribution in [-0.2, 0) is 0 Å². The molecular formula is C18H25N3O2. The van der Waals surface area contributed by atoms with Gasteiger partial charge in [-0.3, -0.25) is 4.79 Å². The van der Waals surface area contributed by atoms with Crippen molar-refractivity contribution in [2.45, 2.75) is 45.6 Å². The first-order valence-corrected chi connectivity index (χ1v) is 8.50. The second-order valence-corrected chi connectivity index (χ2v) is 6.90. The molecule has 2 fully saturated rings. The van der Waals surface area contributed by atoms with E-state index in [4.69, 9.17) is 0 Å². The predicted octanol–water partition coefficient (Wildman–Crippen LogP) is 3.15. The number of piperidine rings is 1. The maximum Gasteiger partial charge on any atom is 0.321 e. The van der Waals surface area contributed by atoms with E-state index >= 15 is 0 Å². The Labute approximate surface area is 137 Å². The zero-order valence-electron chi connectivity index (χ0n) is 13.9. The number of hydrogen-bond donors (Lipinski definition) is 2. The molecule has 3 amide bonds. The Balaban J connectivity index is 1.68. The average Bonchev–Trinajstić information content (AvgIpc) is 3.33. The molecule has 23 heavy (non-hydrogen) atoms. The fraction of sp³-hybridized carbons (Fsp3) is 0.556. The van der Waals surface area contributed by atoms with E-state index in [1.165, 1.54) is 6.42 Å². The number of urea groups is 1. The van der Waals surface area contributed by atoms with Crippen LogP contribution in [0, 0.1) is 12.8 Å². The number of likely N-dealkylation sites (tertiary alicyclic amines) is 1. The summed E-state index contributed by atoms with van der Waals surface area (Å²) in [5.74, 6) is 0.487. The maximum atomic E-state index is 12.4. The number of benzene rings is 1. The molecular weight excluding hydrogens is 290 g/mol. The van der Waals surface area contributed by atoms with E-state index < -0.39 is 0 Å². The molecule has 1 aromatic carbocycles. The molecule has 1 heterocycles. The van der Waals surface area contributed by atoms with Crippen molar-refractivity contribution in [1.82, 2.24) is 10.2 Å². The quantitative estimate of drug-likeness (QED) is 0.900. The molecule has 2 N–H and O–H groups in total. The normalized spacial score (nSPS) is 21.0. The van der Waals surface area contributed by atoms with Gasteiger partial charge in [-0.1, -0.05) is 13.0 Å². The van der Waals surface area contributed by atoms with Gasteiger partial charge in [0.05, 0.1) is 0 Å². The lowest BCUT2D eigenvalue weighted by Crippen LogP contribution is -2.41. The average molecular weight is 315 g/mol. The first kappa shape index (κ1) is 15.8. The van der Waals surface area contributed by atoms with E-state index in [2.05, 4.69) is 17.6 Å². The minimum atomic E-state index is -0.0700. The molecule has 5 nitrogen and oxygen atoms in total. The Morgan fingerprint density at radius 1 is 1.22 bits per heavy atom. The van der Waals surface area contributed by atoms with E-state index in [9.17, 15) is 9.59 Å². The summed E-state index contributed by atoms with van der Waals surface area (Å²) in [6.07, 6.45) is 4.36. The van der Waals surface area contributed by atoms with Crippen LogP contribution >= 0.6 is 0 Å². The largest absolute Gasteiger partial charge is 0.349 e. The van der Waals surface area contributed by atoms with E-state index in [-0.39, 0.29) is 11.9 Å². The van der Waals surface area contributed by atoms with Crippen LogP contribution in [0.25, 0.3) is 0 Å². The van der Waals surface area contributed by atoms with Crippen LogP contribution in [0.2, 0.25) is 0 Å². The third kappa shape index (κ3) is 4.03. The summed E-state index contributed by atoms with van der Waals surface area (Å²) in [6, 6.07) is 5.73. The van der Waals surface area contributed by atoms with E-state index in [1.807, 2.05) is 24.0 Å². The highest BCUT2D eigenvalue weighted by atomic mass is 16.2. The van der Waals surface area contributed by atoms with Gasteiger partial charge in [0.15, 0.2) is 0 Å². The van der Waals surface area contributed by atoms with Crippen molar-refractivity contribution in [2.75, 3.05) is 18.4 Å². The highest BCUT2D eigenvalue weighted by Gasteiger charge is 2.24. The smallest absolute Gasteiger partial charge is 0.321 e. The summed E-state index contributed by atoms with van der Waals surface area (Å²) in [5.41, 5.74) is 2.29. The van der Waals surface area contributed by atoms with Gasteiger partial charge in [0.1, 0.15) is 0 Å². The standard InChI is InChI=1S/C18H25N3O2/c1-12-4-3-9-21(11-12)18(23)20-16-10-14(6-5-13(16)2)17(22)19-15-7-8-15/h5-6,10,12,15H,3-4,7-9,11H2,1-2H3,(H,19,22)(H,20,23)/t12-/m0/s1. The maximum absolute atomic E-state index is 12.4. The molecule has 0 bridgehead atoms. The van der Waals surface area contributed by atoms with Crippen LogP contribution in [-0.4, -0.2) is 36.0 Å². The third-order valence-electron chi connectivity index (χ3n) is 4.60. The summed E-state index contributed by atoms with van der Waals surface area (Å²) < 4.78 is 0. The molecule has 0 aromatic heterocycles. The SMILES string of the molecule is Cc1ccc(C(=O)NC2CC2)cc1NC(=O)N1CCC[C@H](C)C1. The Bertz CT molecular complexity index is 610.